The van der Waals surface area contributed by atoms with Crippen molar-refractivity contribution in [2.45, 2.75) is 25.9 Å². The van der Waals surface area contributed by atoms with Crippen LogP contribution in [0, 0.1) is 6.92 Å². The number of nitrogens with one attached hydrogen (secondary N) is 1. The zero-order valence-electron chi connectivity index (χ0n) is 12.8. The van der Waals surface area contributed by atoms with Gasteiger partial charge in [-0.1, -0.05) is 36.4 Å². The van der Waals surface area contributed by atoms with Gasteiger partial charge in [-0.25, -0.2) is 0 Å². The smallest absolute Gasteiger partial charge is 0.0535 e. The second-order valence-corrected chi connectivity index (χ2v) is 6.14. The molecular formula is C18H23N3. The van der Waals surface area contributed by atoms with Crippen molar-refractivity contribution in [3.8, 4) is 0 Å². The maximum absolute atomic E-state index is 4.40. The maximum atomic E-state index is 4.40. The Morgan fingerprint density at radius 1 is 1.19 bits per heavy atom. The van der Waals surface area contributed by atoms with Gasteiger partial charge in [-0.15, -0.1) is 0 Å². The Morgan fingerprint density at radius 2 is 2.00 bits per heavy atom. The van der Waals surface area contributed by atoms with E-state index >= 15 is 0 Å². The van der Waals surface area contributed by atoms with E-state index < -0.39 is 0 Å². The van der Waals surface area contributed by atoms with Gasteiger partial charge in [0, 0.05) is 38.1 Å². The number of nitrogens with zero attached hydrogens (tertiary/aromatic N) is 2. The van der Waals surface area contributed by atoms with Crippen molar-refractivity contribution >= 4 is 0 Å². The van der Waals surface area contributed by atoms with Crippen LogP contribution in [-0.2, 0) is 12.1 Å². The van der Waals surface area contributed by atoms with E-state index in [2.05, 4.69) is 64.6 Å². The molecule has 0 spiro atoms. The van der Waals surface area contributed by atoms with Crippen LogP contribution >= 0.6 is 0 Å². The normalized spacial score (nSPS) is 23.1. The molecule has 0 amide bonds. The molecular weight excluding hydrogens is 258 g/mol. The number of aromatic nitrogens is 1. The molecule has 110 valence electrons. The van der Waals surface area contributed by atoms with Gasteiger partial charge in [-0.3, -0.25) is 9.88 Å². The van der Waals surface area contributed by atoms with Crippen LogP contribution in [0.3, 0.4) is 0 Å². The van der Waals surface area contributed by atoms with E-state index in [0.29, 0.717) is 0 Å². The zero-order valence-corrected chi connectivity index (χ0v) is 12.8. The molecule has 21 heavy (non-hydrogen) atoms. The van der Waals surface area contributed by atoms with Crippen LogP contribution in [0.2, 0.25) is 0 Å². The summed E-state index contributed by atoms with van der Waals surface area (Å²) in [7, 11) is 0. The molecule has 2 heterocycles. The summed E-state index contributed by atoms with van der Waals surface area (Å²) >= 11 is 0. The van der Waals surface area contributed by atoms with E-state index in [1.807, 2.05) is 13.1 Å². The van der Waals surface area contributed by atoms with Crippen LogP contribution in [0.5, 0.6) is 0 Å². The van der Waals surface area contributed by atoms with E-state index in [4.69, 9.17) is 0 Å². The van der Waals surface area contributed by atoms with Crippen molar-refractivity contribution in [3.63, 3.8) is 0 Å². The van der Waals surface area contributed by atoms with Crippen LogP contribution < -0.4 is 5.32 Å². The fourth-order valence-corrected chi connectivity index (χ4v) is 3.06. The molecule has 1 saturated heterocycles. The molecule has 3 rings (SSSR count). The highest BCUT2D eigenvalue weighted by Gasteiger charge is 2.31. The Hall–Kier alpha value is -1.71. The SMILES string of the molecule is Cc1ccc(CN2CCNC(C)(c3ccccc3)C2)cn1. The highest BCUT2D eigenvalue weighted by molar-refractivity contribution is 5.25. The minimum atomic E-state index is 0.0254. The van der Waals surface area contributed by atoms with Crippen LogP contribution in [-0.4, -0.2) is 29.5 Å². The Kier molecular flexibility index (Phi) is 4.04. The number of pyridine rings is 1. The fourth-order valence-electron chi connectivity index (χ4n) is 3.06. The monoisotopic (exact) mass is 281 g/mol. The summed E-state index contributed by atoms with van der Waals surface area (Å²) in [5.41, 5.74) is 3.75. The molecule has 2 aromatic rings. The van der Waals surface area contributed by atoms with Gasteiger partial charge >= 0.3 is 0 Å². The second-order valence-electron chi connectivity index (χ2n) is 6.14. The zero-order chi connectivity index (χ0) is 14.7. The van der Waals surface area contributed by atoms with Crippen LogP contribution in [0.4, 0.5) is 0 Å². The highest BCUT2D eigenvalue weighted by atomic mass is 15.2. The molecule has 3 nitrogen and oxygen atoms in total. The summed E-state index contributed by atoms with van der Waals surface area (Å²) in [4.78, 5) is 6.91. The topological polar surface area (TPSA) is 28.2 Å². The largest absolute Gasteiger partial charge is 0.305 e. The number of rotatable bonds is 3. The Morgan fingerprint density at radius 3 is 2.71 bits per heavy atom. The third-order valence-corrected chi connectivity index (χ3v) is 4.27. The molecule has 1 N–H and O–H groups in total. The van der Waals surface area contributed by atoms with Crippen molar-refractivity contribution < 1.29 is 0 Å². The van der Waals surface area contributed by atoms with E-state index in [0.717, 1.165) is 31.9 Å². The summed E-state index contributed by atoms with van der Waals surface area (Å²) in [6.45, 7) is 8.41. The number of hydrogen-bond donors (Lipinski definition) is 1. The minimum Gasteiger partial charge on any atom is -0.305 e. The van der Waals surface area contributed by atoms with Crippen LogP contribution in [0.15, 0.2) is 48.7 Å². The first kappa shape index (κ1) is 14.2. The maximum Gasteiger partial charge on any atom is 0.0535 e. The lowest BCUT2D eigenvalue weighted by Gasteiger charge is -2.42. The quantitative estimate of drug-likeness (QED) is 0.937. The van der Waals surface area contributed by atoms with Crippen LogP contribution in [0.25, 0.3) is 0 Å². The van der Waals surface area contributed by atoms with E-state index in [1.165, 1.54) is 11.1 Å². The van der Waals surface area contributed by atoms with Gasteiger partial charge < -0.3 is 5.32 Å². The molecule has 1 aromatic carbocycles. The number of piperazine rings is 1. The molecule has 0 saturated carbocycles. The molecule has 0 radical (unpaired) electrons. The molecule has 3 heteroatoms. The van der Waals surface area contributed by atoms with Crippen molar-refractivity contribution in [2.75, 3.05) is 19.6 Å². The van der Waals surface area contributed by atoms with Gasteiger partial charge in [0.25, 0.3) is 0 Å². The van der Waals surface area contributed by atoms with Gasteiger partial charge in [0.05, 0.1) is 5.54 Å². The molecule has 0 aliphatic carbocycles. The lowest BCUT2D eigenvalue weighted by atomic mass is 9.89. The molecule has 1 aliphatic heterocycles. The molecule has 1 aliphatic rings. The summed E-state index contributed by atoms with van der Waals surface area (Å²) in [5, 5.41) is 3.68. The molecule has 0 bridgehead atoms. The highest BCUT2D eigenvalue weighted by Crippen LogP contribution is 2.25. The van der Waals surface area contributed by atoms with Gasteiger partial charge in [0.2, 0.25) is 0 Å². The Bertz CT molecular complexity index is 579. The number of hydrogen-bond acceptors (Lipinski definition) is 3. The number of benzene rings is 1. The predicted molar refractivity (Wildman–Crippen MR) is 86.0 cm³/mol. The van der Waals surface area contributed by atoms with Gasteiger partial charge in [-0.05, 0) is 31.0 Å². The fraction of sp³-hybridized carbons (Fsp3) is 0.389. The first-order chi connectivity index (χ1) is 10.2. The van der Waals surface area contributed by atoms with Gasteiger partial charge in [0.15, 0.2) is 0 Å². The minimum absolute atomic E-state index is 0.0254. The standard InChI is InChI=1S/C18H23N3/c1-15-8-9-16(12-19-15)13-21-11-10-20-18(2,14-21)17-6-4-3-5-7-17/h3-9,12,20H,10-11,13-14H2,1-2H3. The third-order valence-electron chi connectivity index (χ3n) is 4.27. The summed E-state index contributed by atoms with van der Waals surface area (Å²) in [5.74, 6) is 0. The number of aryl methyl sites for hydroxylation is 1. The van der Waals surface area contributed by atoms with E-state index in [1.54, 1.807) is 0 Å². The second kappa shape index (κ2) is 5.96. The average Bonchev–Trinajstić information content (AvgIpc) is 2.51. The van der Waals surface area contributed by atoms with E-state index in [9.17, 15) is 0 Å². The Labute approximate surface area is 127 Å². The first-order valence-corrected chi connectivity index (χ1v) is 7.60. The van der Waals surface area contributed by atoms with Crippen molar-refractivity contribution in [1.29, 1.82) is 0 Å². The Balaban J connectivity index is 1.72. The third kappa shape index (κ3) is 3.31. The predicted octanol–water partition coefficient (Wildman–Crippen LogP) is 2.71. The summed E-state index contributed by atoms with van der Waals surface area (Å²) < 4.78 is 0. The van der Waals surface area contributed by atoms with Crippen molar-refractivity contribution in [3.05, 3.63) is 65.5 Å². The van der Waals surface area contributed by atoms with E-state index in [-0.39, 0.29) is 5.54 Å². The van der Waals surface area contributed by atoms with Crippen LogP contribution in [0.1, 0.15) is 23.7 Å². The van der Waals surface area contributed by atoms with Gasteiger partial charge in [-0.2, -0.15) is 0 Å². The summed E-state index contributed by atoms with van der Waals surface area (Å²) in [6.07, 6.45) is 2.00. The lowest BCUT2D eigenvalue weighted by molar-refractivity contribution is 0.136. The average molecular weight is 281 g/mol. The van der Waals surface area contributed by atoms with Crippen molar-refractivity contribution in [1.82, 2.24) is 15.2 Å². The first-order valence-electron chi connectivity index (χ1n) is 7.60. The molecule has 1 fully saturated rings. The molecule has 1 atom stereocenters. The van der Waals surface area contributed by atoms with Crippen molar-refractivity contribution in [2.24, 2.45) is 0 Å². The lowest BCUT2D eigenvalue weighted by Crippen LogP contribution is -2.56. The molecule has 1 aromatic heterocycles. The summed E-state index contributed by atoms with van der Waals surface area (Å²) in [6, 6.07) is 15.0. The van der Waals surface area contributed by atoms with Gasteiger partial charge in [0.1, 0.15) is 0 Å². The molecule has 1 unspecified atom stereocenters.